The van der Waals surface area contributed by atoms with Crippen molar-refractivity contribution in [2.75, 3.05) is 0 Å². The molecule has 0 atom stereocenters. The fourth-order valence-electron chi connectivity index (χ4n) is 6.16. The van der Waals surface area contributed by atoms with Crippen LogP contribution in [-0.2, 0) is 0 Å². The van der Waals surface area contributed by atoms with Crippen LogP contribution in [0.1, 0.15) is 0 Å². The van der Waals surface area contributed by atoms with Gasteiger partial charge in [0.25, 0.3) is 0 Å². The quantitative estimate of drug-likeness (QED) is 0.218. The van der Waals surface area contributed by atoms with Crippen molar-refractivity contribution in [1.29, 1.82) is 0 Å². The third-order valence-corrected chi connectivity index (χ3v) is 9.28. The molecule has 0 aliphatic heterocycles. The van der Waals surface area contributed by atoms with Crippen molar-refractivity contribution in [1.82, 2.24) is 19.5 Å². The average Bonchev–Trinajstić information content (AvgIpc) is 3.61. The van der Waals surface area contributed by atoms with Gasteiger partial charge in [-0.2, -0.15) is 9.97 Å². The van der Waals surface area contributed by atoms with Gasteiger partial charge in [0.2, 0.25) is 5.95 Å². The van der Waals surface area contributed by atoms with Crippen LogP contribution in [0.3, 0.4) is 0 Å². The molecule has 4 nitrogen and oxygen atoms in total. The van der Waals surface area contributed by atoms with Gasteiger partial charge in [-0.25, -0.2) is 4.98 Å². The minimum absolute atomic E-state index is 0.611. The van der Waals surface area contributed by atoms with Gasteiger partial charge in [0.1, 0.15) is 0 Å². The van der Waals surface area contributed by atoms with Crippen LogP contribution < -0.4 is 0 Å². The lowest BCUT2D eigenvalue weighted by Crippen LogP contribution is -2.06. The Labute approximate surface area is 245 Å². The van der Waals surface area contributed by atoms with E-state index in [-0.39, 0.29) is 0 Å². The summed E-state index contributed by atoms with van der Waals surface area (Å²) in [5.74, 6) is 1.93. The molecule has 0 unspecified atom stereocenters. The van der Waals surface area contributed by atoms with Gasteiger partial charge in [0.05, 0.1) is 11.0 Å². The van der Waals surface area contributed by atoms with Crippen molar-refractivity contribution >= 4 is 64.1 Å². The van der Waals surface area contributed by atoms with E-state index in [1.54, 1.807) is 11.3 Å². The number of para-hydroxylation sites is 1. The topological polar surface area (TPSA) is 43.6 Å². The molecule has 196 valence electrons. The highest BCUT2D eigenvalue weighted by atomic mass is 32.1. The summed E-state index contributed by atoms with van der Waals surface area (Å²) in [7, 11) is 0. The normalized spacial score (nSPS) is 11.8. The number of hydrogen-bond donors (Lipinski definition) is 0. The van der Waals surface area contributed by atoms with Crippen molar-refractivity contribution in [3.05, 3.63) is 133 Å². The van der Waals surface area contributed by atoms with Crippen LogP contribution in [-0.4, -0.2) is 19.5 Å². The maximum atomic E-state index is 5.25. The number of nitrogens with zero attached hydrogens (tertiary/aromatic N) is 4. The lowest BCUT2D eigenvalue weighted by atomic mass is 10.1. The van der Waals surface area contributed by atoms with Crippen molar-refractivity contribution in [3.8, 4) is 28.7 Å². The van der Waals surface area contributed by atoms with Crippen molar-refractivity contribution < 1.29 is 0 Å². The molecule has 0 aliphatic carbocycles. The molecule has 6 aromatic carbocycles. The van der Waals surface area contributed by atoms with Gasteiger partial charge in [-0.3, -0.25) is 4.57 Å². The maximum absolute atomic E-state index is 5.25. The summed E-state index contributed by atoms with van der Waals surface area (Å²) >= 11 is 1.79. The molecule has 0 saturated carbocycles. The molecule has 3 aromatic heterocycles. The first kappa shape index (κ1) is 23.3. The lowest BCUT2D eigenvalue weighted by Gasteiger charge is -2.12. The zero-order valence-electron chi connectivity index (χ0n) is 22.4. The van der Waals surface area contributed by atoms with Crippen LogP contribution in [0, 0.1) is 0 Å². The molecule has 0 fully saturated rings. The molecular formula is C37H22N4S. The second-order valence-corrected chi connectivity index (χ2v) is 11.5. The Balaban J connectivity index is 1.41. The van der Waals surface area contributed by atoms with E-state index in [2.05, 4.69) is 120 Å². The van der Waals surface area contributed by atoms with Gasteiger partial charge in [-0.1, -0.05) is 115 Å². The number of fused-ring (bicyclic) bond motifs is 8. The third-order valence-electron chi connectivity index (χ3n) is 8.06. The van der Waals surface area contributed by atoms with E-state index in [0.717, 1.165) is 22.2 Å². The molecule has 0 N–H and O–H groups in total. The van der Waals surface area contributed by atoms with Crippen LogP contribution in [0.2, 0.25) is 0 Å². The second-order valence-electron chi connectivity index (χ2n) is 10.5. The monoisotopic (exact) mass is 554 g/mol. The highest BCUT2D eigenvalue weighted by molar-refractivity contribution is 7.26. The molecule has 0 aliphatic rings. The maximum Gasteiger partial charge on any atom is 0.238 e. The Kier molecular flexibility index (Phi) is 5.03. The molecule has 5 heteroatoms. The molecular weight excluding hydrogens is 533 g/mol. The summed E-state index contributed by atoms with van der Waals surface area (Å²) in [6, 6.07) is 46.6. The van der Waals surface area contributed by atoms with E-state index in [9.17, 15) is 0 Å². The number of thiophene rings is 1. The Morgan fingerprint density at radius 1 is 0.476 bits per heavy atom. The van der Waals surface area contributed by atoms with Gasteiger partial charge in [-0.05, 0) is 23.6 Å². The van der Waals surface area contributed by atoms with E-state index >= 15 is 0 Å². The lowest BCUT2D eigenvalue weighted by molar-refractivity contribution is 0.956. The molecule has 9 aromatic rings. The van der Waals surface area contributed by atoms with Gasteiger partial charge >= 0.3 is 0 Å². The Morgan fingerprint density at radius 2 is 1.19 bits per heavy atom. The van der Waals surface area contributed by atoms with Crippen LogP contribution in [0.5, 0.6) is 0 Å². The summed E-state index contributed by atoms with van der Waals surface area (Å²) in [6.07, 6.45) is 0. The van der Waals surface area contributed by atoms with Gasteiger partial charge < -0.3 is 0 Å². The Hall–Kier alpha value is -5.39. The third kappa shape index (κ3) is 3.44. The minimum atomic E-state index is 0.611. The molecule has 0 radical (unpaired) electrons. The molecule has 0 spiro atoms. The highest BCUT2D eigenvalue weighted by Gasteiger charge is 2.20. The van der Waals surface area contributed by atoms with Crippen molar-refractivity contribution in [3.63, 3.8) is 0 Å². The number of benzene rings is 6. The summed E-state index contributed by atoms with van der Waals surface area (Å²) in [5.41, 5.74) is 4.14. The van der Waals surface area contributed by atoms with E-state index in [0.29, 0.717) is 17.6 Å². The standard InChI is InChI=1S/C37H22N4S/c1-2-12-24(13-3-1)35-38-36(30-18-10-17-29-27-16-7-9-20-32(27)42-34(29)30)40-37(39-35)41-31-19-8-6-15-26(31)28-22-21-23-11-4-5-14-25(23)33(28)41/h1-22H. The van der Waals surface area contributed by atoms with E-state index < -0.39 is 0 Å². The predicted octanol–water partition coefficient (Wildman–Crippen LogP) is 9.82. The predicted molar refractivity (Wildman–Crippen MR) is 175 cm³/mol. The molecule has 0 bridgehead atoms. The smallest absolute Gasteiger partial charge is 0.238 e. The summed E-state index contributed by atoms with van der Waals surface area (Å²) in [6.45, 7) is 0. The van der Waals surface area contributed by atoms with Gasteiger partial charge in [-0.15, -0.1) is 11.3 Å². The van der Waals surface area contributed by atoms with Crippen LogP contribution in [0.4, 0.5) is 0 Å². The molecule has 42 heavy (non-hydrogen) atoms. The van der Waals surface area contributed by atoms with E-state index in [1.807, 2.05) is 18.2 Å². The van der Waals surface area contributed by atoms with Gasteiger partial charge in [0, 0.05) is 47.5 Å². The number of hydrogen-bond acceptors (Lipinski definition) is 4. The highest BCUT2D eigenvalue weighted by Crippen LogP contribution is 2.40. The first-order valence-electron chi connectivity index (χ1n) is 14.0. The van der Waals surface area contributed by atoms with Crippen molar-refractivity contribution in [2.24, 2.45) is 0 Å². The van der Waals surface area contributed by atoms with E-state index in [1.165, 1.54) is 41.7 Å². The van der Waals surface area contributed by atoms with Gasteiger partial charge in [0.15, 0.2) is 11.6 Å². The summed E-state index contributed by atoms with van der Waals surface area (Å²) < 4.78 is 4.66. The zero-order chi connectivity index (χ0) is 27.6. The molecule has 0 saturated heterocycles. The van der Waals surface area contributed by atoms with E-state index in [4.69, 9.17) is 15.0 Å². The van der Waals surface area contributed by atoms with Crippen LogP contribution in [0.15, 0.2) is 133 Å². The SMILES string of the molecule is c1ccc(-c2nc(-c3cccc4c3sc3ccccc34)nc(-n3c4ccccc4c4ccc5ccccc5c43)n2)cc1. The molecule has 9 rings (SSSR count). The van der Waals surface area contributed by atoms with Crippen LogP contribution >= 0.6 is 11.3 Å². The van der Waals surface area contributed by atoms with Crippen LogP contribution in [0.25, 0.3) is 81.5 Å². The summed E-state index contributed by atoms with van der Waals surface area (Å²) in [4.78, 5) is 15.5. The summed E-state index contributed by atoms with van der Waals surface area (Å²) in [5, 5.41) is 7.18. The molecule has 0 amide bonds. The Bertz CT molecular complexity index is 2470. The van der Waals surface area contributed by atoms with Crippen molar-refractivity contribution in [2.45, 2.75) is 0 Å². The Morgan fingerprint density at radius 3 is 2.10 bits per heavy atom. The largest absolute Gasteiger partial charge is 0.277 e. The molecule has 3 heterocycles. The first-order valence-corrected chi connectivity index (χ1v) is 14.8. The fraction of sp³-hybridized carbons (Fsp3) is 0. The number of rotatable bonds is 3. The first-order chi connectivity index (χ1) is 20.8. The number of aromatic nitrogens is 4. The zero-order valence-corrected chi connectivity index (χ0v) is 23.2. The second kappa shape index (κ2) is 9.06. The average molecular weight is 555 g/mol. The minimum Gasteiger partial charge on any atom is -0.277 e. The fourth-order valence-corrected chi connectivity index (χ4v) is 7.37.